The maximum Gasteiger partial charge on any atom is 0.434 e. The van der Waals surface area contributed by atoms with Crippen molar-refractivity contribution < 1.29 is 39.2 Å². The van der Waals surface area contributed by atoms with Crippen molar-refractivity contribution >= 4 is 18.6 Å². The van der Waals surface area contributed by atoms with E-state index in [1.54, 1.807) is 17.0 Å². The van der Waals surface area contributed by atoms with Gasteiger partial charge >= 0.3 is 12.7 Å². The number of hydrogen-bond acceptors (Lipinski definition) is 8. The Morgan fingerprint density at radius 3 is 2.66 bits per heavy atom. The van der Waals surface area contributed by atoms with Crippen molar-refractivity contribution in [1.82, 2.24) is 10.2 Å². The molecule has 0 bridgehead atoms. The fourth-order valence-corrected chi connectivity index (χ4v) is 4.61. The summed E-state index contributed by atoms with van der Waals surface area (Å²) in [6, 6.07) is 2.86. The van der Waals surface area contributed by atoms with Crippen molar-refractivity contribution in [3.8, 4) is 11.5 Å². The van der Waals surface area contributed by atoms with Gasteiger partial charge < -0.3 is 39.9 Å². The van der Waals surface area contributed by atoms with E-state index < -0.39 is 30.7 Å². The predicted octanol–water partition coefficient (Wildman–Crippen LogP) is -1.13. The van der Waals surface area contributed by atoms with Gasteiger partial charge in [-0.3, -0.25) is 4.79 Å². The van der Waals surface area contributed by atoms with Crippen LogP contribution >= 0.6 is 0 Å². The lowest BCUT2D eigenvalue weighted by Gasteiger charge is -2.41. The largest absolute Gasteiger partial charge is 0.669 e. The number of nitrogens with one attached hydrogen (secondary N) is 1. The summed E-state index contributed by atoms with van der Waals surface area (Å²) in [6.45, 7) is -2.09. The van der Waals surface area contributed by atoms with Crippen molar-refractivity contribution in [1.29, 1.82) is 0 Å². The van der Waals surface area contributed by atoms with Gasteiger partial charge in [0.2, 0.25) is 5.91 Å². The molecule has 5 N–H and O–H groups in total. The number of hydrogen-bond donors (Lipinski definition) is 5. The third kappa shape index (κ3) is 3.05. The van der Waals surface area contributed by atoms with E-state index in [0.29, 0.717) is 38.0 Å². The van der Waals surface area contributed by atoms with Crippen LogP contribution in [0.3, 0.4) is 0 Å². The first kappa shape index (κ1) is 18.7. The standard InChI is InChI=1S/C18H22BN2O8/c22-8-3-13(20-5-8)17(23)21-6-9(7-21)28-14-2-1-10-11-4-12(11)19(26,27)29-16(10)15(14)18(24)25/h1-2,8-9,11-13,20,22,26-27H,3-7H2,(H,24,25)/q-1. The third-order valence-corrected chi connectivity index (χ3v) is 6.31. The van der Waals surface area contributed by atoms with Gasteiger partial charge in [0.25, 0.3) is 0 Å². The van der Waals surface area contributed by atoms with Gasteiger partial charge in [-0.2, -0.15) is 0 Å². The highest BCUT2D eigenvalue weighted by molar-refractivity contribution is 6.62. The number of carboxylic acids is 1. The number of carbonyl (C=O) groups is 2. The number of rotatable bonds is 4. The molecule has 1 aromatic rings. The molecule has 4 unspecified atom stereocenters. The number of carboxylic acid groups (broad SMARTS) is 1. The Kier molecular flexibility index (Phi) is 4.08. The minimum atomic E-state index is -3.09. The van der Waals surface area contributed by atoms with E-state index in [1.807, 2.05) is 0 Å². The molecule has 1 saturated carbocycles. The van der Waals surface area contributed by atoms with Crippen LogP contribution in [0, 0.1) is 0 Å². The van der Waals surface area contributed by atoms with Crippen molar-refractivity contribution in [3.05, 3.63) is 23.3 Å². The van der Waals surface area contributed by atoms with Crippen molar-refractivity contribution in [3.63, 3.8) is 0 Å². The number of ether oxygens (including phenoxy) is 1. The maximum atomic E-state index is 12.4. The average Bonchev–Trinajstić information content (AvgIpc) is 3.32. The first-order valence-electron chi connectivity index (χ1n) is 9.80. The van der Waals surface area contributed by atoms with Gasteiger partial charge in [0.05, 0.1) is 31.0 Å². The monoisotopic (exact) mass is 405 g/mol. The van der Waals surface area contributed by atoms with Crippen LogP contribution < -0.4 is 14.7 Å². The van der Waals surface area contributed by atoms with Crippen LogP contribution in [0.25, 0.3) is 0 Å². The number of likely N-dealkylation sites (tertiary alicyclic amines) is 1. The average molecular weight is 405 g/mol. The number of β-amino-alcohol motifs (C(OH)–C–C–N with tert-alkyl or cyclic N) is 1. The Hall–Kier alpha value is -2.34. The second kappa shape index (κ2) is 6.33. The molecule has 3 fully saturated rings. The van der Waals surface area contributed by atoms with Crippen LogP contribution in [0.1, 0.15) is 34.7 Å². The van der Waals surface area contributed by atoms with Gasteiger partial charge in [0.15, 0.2) is 0 Å². The summed E-state index contributed by atoms with van der Waals surface area (Å²) in [6.07, 6.45) is 0.0178. The Morgan fingerprint density at radius 2 is 2.00 bits per heavy atom. The lowest BCUT2D eigenvalue weighted by molar-refractivity contribution is -0.142. The molecule has 0 aromatic heterocycles. The molecule has 11 heteroatoms. The molecule has 10 nitrogen and oxygen atoms in total. The summed E-state index contributed by atoms with van der Waals surface area (Å²) in [5.41, 5.74) is 0.421. The molecular formula is C18H22BN2O8-. The zero-order chi connectivity index (χ0) is 20.5. The highest BCUT2D eigenvalue weighted by Gasteiger charge is 2.55. The lowest BCUT2D eigenvalue weighted by Crippen LogP contribution is -2.59. The van der Waals surface area contributed by atoms with Crippen LogP contribution in [0.5, 0.6) is 11.5 Å². The van der Waals surface area contributed by atoms with Gasteiger partial charge in [-0.25, -0.2) is 4.79 Å². The highest BCUT2D eigenvalue weighted by Crippen LogP contribution is 2.63. The fraction of sp³-hybridized carbons (Fsp3) is 0.556. The van der Waals surface area contributed by atoms with E-state index in [1.165, 1.54) is 0 Å². The zero-order valence-corrected chi connectivity index (χ0v) is 15.5. The van der Waals surface area contributed by atoms with E-state index in [4.69, 9.17) is 9.39 Å². The van der Waals surface area contributed by atoms with Gasteiger partial charge in [-0.1, -0.05) is 18.3 Å². The Labute approximate surface area is 166 Å². The van der Waals surface area contributed by atoms with Crippen LogP contribution in [-0.4, -0.2) is 81.7 Å². The molecule has 1 amide bonds. The van der Waals surface area contributed by atoms with Gasteiger partial charge in [0, 0.05) is 6.54 Å². The fourth-order valence-electron chi connectivity index (χ4n) is 4.61. The SMILES string of the molecule is O=C(O)c1c(OC2CN(C(=O)C3CC(O)CN3)C2)ccc2c1O[B-](O)(O)C1CC21. The molecule has 1 aliphatic carbocycles. The van der Waals surface area contributed by atoms with E-state index in [0.717, 1.165) is 0 Å². The second-order valence-electron chi connectivity index (χ2n) is 8.38. The molecule has 2 saturated heterocycles. The number of aliphatic hydroxyl groups excluding tert-OH is 1. The van der Waals surface area contributed by atoms with Crippen molar-refractivity contribution in [2.75, 3.05) is 19.6 Å². The first-order valence-corrected chi connectivity index (χ1v) is 9.80. The van der Waals surface area contributed by atoms with Gasteiger partial charge in [-0.15, -0.1) is 0 Å². The molecule has 0 radical (unpaired) electrons. The summed E-state index contributed by atoms with van der Waals surface area (Å²) in [5.74, 6) is -1.87. The highest BCUT2D eigenvalue weighted by atomic mass is 16.6. The Morgan fingerprint density at radius 1 is 1.24 bits per heavy atom. The Bertz CT molecular complexity index is 887. The number of nitrogens with zero attached hydrogens (tertiary/aromatic N) is 1. The summed E-state index contributed by atoms with van der Waals surface area (Å²) in [7, 11) is 0. The smallest absolute Gasteiger partial charge is 0.434 e. The van der Waals surface area contributed by atoms with E-state index in [-0.39, 0.29) is 35.0 Å². The van der Waals surface area contributed by atoms with E-state index in [2.05, 4.69) is 5.32 Å². The predicted molar refractivity (Wildman–Crippen MR) is 98.7 cm³/mol. The Balaban J connectivity index is 1.30. The number of carbonyl (C=O) groups excluding carboxylic acids is 1. The first-order chi connectivity index (χ1) is 13.7. The van der Waals surface area contributed by atoms with Gasteiger partial charge in [0.1, 0.15) is 17.4 Å². The molecular weight excluding hydrogens is 383 g/mol. The number of fused-ring (bicyclic) bond motifs is 3. The van der Waals surface area contributed by atoms with Crippen LogP contribution in [0.4, 0.5) is 0 Å². The molecule has 4 atom stereocenters. The minimum absolute atomic E-state index is 0.0462. The molecule has 4 aliphatic rings. The van der Waals surface area contributed by atoms with Crippen LogP contribution in [-0.2, 0) is 4.79 Å². The van der Waals surface area contributed by atoms with Crippen LogP contribution in [0.15, 0.2) is 12.1 Å². The number of benzene rings is 1. The maximum absolute atomic E-state index is 12.4. The molecule has 1 aromatic carbocycles. The minimum Gasteiger partial charge on any atom is -0.669 e. The molecule has 0 spiro atoms. The molecule has 29 heavy (non-hydrogen) atoms. The quantitative estimate of drug-likeness (QED) is 0.393. The van der Waals surface area contributed by atoms with E-state index in [9.17, 15) is 29.9 Å². The molecule has 156 valence electrons. The summed E-state index contributed by atoms with van der Waals surface area (Å²) in [4.78, 5) is 25.9. The van der Waals surface area contributed by atoms with Crippen molar-refractivity contribution in [2.24, 2.45) is 0 Å². The zero-order valence-electron chi connectivity index (χ0n) is 15.5. The van der Waals surface area contributed by atoms with E-state index >= 15 is 0 Å². The number of amides is 1. The topological polar surface area (TPSA) is 149 Å². The second-order valence-corrected chi connectivity index (χ2v) is 8.38. The van der Waals surface area contributed by atoms with Crippen LogP contribution in [0.2, 0.25) is 5.82 Å². The summed E-state index contributed by atoms with van der Waals surface area (Å²) in [5, 5.41) is 42.4. The molecule has 3 heterocycles. The third-order valence-electron chi connectivity index (χ3n) is 6.31. The number of aromatic carboxylic acids is 1. The molecule has 5 rings (SSSR count). The van der Waals surface area contributed by atoms with Crippen molar-refractivity contribution in [2.45, 2.75) is 42.8 Å². The summed E-state index contributed by atoms with van der Waals surface area (Å²) < 4.78 is 11.1. The lowest BCUT2D eigenvalue weighted by atomic mass is 9.68. The normalized spacial score (nSPS) is 31.9. The summed E-state index contributed by atoms with van der Waals surface area (Å²) >= 11 is 0. The number of aliphatic hydroxyl groups is 1. The molecule has 3 aliphatic heterocycles. The van der Waals surface area contributed by atoms with Gasteiger partial charge in [-0.05, 0) is 24.0 Å².